The lowest BCUT2D eigenvalue weighted by Gasteiger charge is -2.15. The van der Waals surface area contributed by atoms with Crippen LogP contribution < -0.4 is 0 Å². The first kappa shape index (κ1) is 45.3. The fraction of sp³-hybridized carbons (Fsp3) is 0. The first-order valence-electron chi connectivity index (χ1n) is 28.5. The average molecular weight is 1070 g/mol. The molecule has 0 aliphatic rings. The van der Waals surface area contributed by atoms with E-state index in [0.29, 0.717) is 5.95 Å². The van der Waals surface area contributed by atoms with Crippen LogP contribution in [0.25, 0.3) is 177 Å². The van der Waals surface area contributed by atoms with Crippen molar-refractivity contribution >= 4 is 131 Å². The molecule has 0 amide bonds. The molecule has 8 heteroatoms. The van der Waals surface area contributed by atoms with Gasteiger partial charge in [0.1, 0.15) is 34.0 Å². The first-order chi connectivity index (χ1) is 41.6. The molecule has 0 saturated carbocycles. The predicted molar refractivity (Wildman–Crippen MR) is 345 cm³/mol. The summed E-state index contributed by atoms with van der Waals surface area (Å²) in [7, 11) is 0. The smallest absolute Gasteiger partial charge is 0.238 e. The molecule has 0 bridgehead atoms. The number of furan rings is 2. The molecule has 0 fully saturated rings. The number of hydrogen-bond donors (Lipinski definition) is 0. The average Bonchev–Trinajstić information content (AvgIpc) is 2.17. The fourth-order valence-corrected chi connectivity index (χ4v) is 13.9. The maximum atomic E-state index is 6.62. The zero-order valence-corrected chi connectivity index (χ0v) is 44.9. The Morgan fingerprint density at radius 3 is 1.12 bits per heavy atom. The number of benzene rings is 12. The zero-order chi connectivity index (χ0) is 54.7. The highest BCUT2D eigenvalue weighted by atomic mass is 16.3. The maximum absolute atomic E-state index is 6.62. The number of fused-ring (bicyclic) bond motifs is 18. The quantitative estimate of drug-likeness (QED) is 0.166. The van der Waals surface area contributed by atoms with Gasteiger partial charge < -0.3 is 13.4 Å². The molecule has 0 aliphatic heterocycles. The summed E-state index contributed by atoms with van der Waals surface area (Å²) in [5.74, 6) is 2.02. The van der Waals surface area contributed by atoms with Crippen molar-refractivity contribution in [2.24, 2.45) is 0 Å². The Bertz CT molecular complexity index is 6010. The van der Waals surface area contributed by atoms with Gasteiger partial charge in [0.2, 0.25) is 5.95 Å². The maximum Gasteiger partial charge on any atom is 0.238 e. The van der Waals surface area contributed by atoms with Crippen LogP contribution >= 0.6 is 0 Å². The van der Waals surface area contributed by atoms with E-state index in [4.69, 9.17) is 18.8 Å². The van der Waals surface area contributed by atoms with Gasteiger partial charge in [-0.25, -0.2) is 0 Å². The van der Waals surface area contributed by atoms with Gasteiger partial charge in [0.05, 0.1) is 44.1 Å². The summed E-state index contributed by atoms with van der Waals surface area (Å²) in [6.07, 6.45) is 0. The minimum atomic E-state index is 0.551. The number of rotatable bonds is 6. The van der Waals surface area contributed by atoms with E-state index in [1.54, 1.807) is 0 Å². The Balaban J connectivity index is 0.850. The standard InChI is InChI=1S/C76H44N6O2/c1-2-16-49(17-3-1)79-62-24-10-4-18-50(62)56-38-45(30-34-66(56)79)46-32-36-68-58(40-46)52-20-7-13-27-65(52)82(68)76-77-74(44-75(78-76)81-64-26-12-6-21-53(64)59-42-61-55-23-9-15-29-71(55)84-73(61)43-69(59)81)80-63-25-11-5-19-51(63)57-39-47(31-35-67(57)80)48-33-37-72-60(41-48)54-22-8-14-28-70(54)83-72/h1-44H. The highest BCUT2D eigenvalue weighted by molar-refractivity contribution is 6.18. The molecule has 84 heavy (non-hydrogen) atoms. The van der Waals surface area contributed by atoms with Crippen LogP contribution in [0, 0.1) is 0 Å². The predicted octanol–water partition coefficient (Wildman–Crippen LogP) is 20.0. The van der Waals surface area contributed by atoms with Gasteiger partial charge >= 0.3 is 0 Å². The topological polar surface area (TPSA) is 71.8 Å². The molecule has 0 N–H and O–H groups in total. The van der Waals surface area contributed by atoms with E-state index in [2.05, 4.69) is 261 Å². The third kappa shape index (κ3) is 6.41. The second kappa shape index (κ2) is 17.0. The second-order valence-electron chi connectivity index (χ2n) is 22.1. The molecule has 0 unspecified atom stereocenters. The molecule has 0 radical (unpaired) electrons. The van der Waals surface area contributed by atoms with Gasteiger partial charge in [-0.2, -0.15) is 9.97 Å². The van der Waals surface area contributed by atoms with Crippen molar-refractivity contribution in [2.75, 3.05) is 0 Å². The van der Waals surface area contributed by atoms with Crippen LogP contribution in [0.4, 0.5) is 0 Å². The van der Waals surface area contributed by atoms with Crippen LogP contribution in [-0.4, -0.2) is 28.2 Å². The molecule has 8 nitrogen and oxygen atoms in total. The second-order valence-corrected chi connectivity index (χ2v) is 22.1. The lowest BCUT2D eigenvalue weighted by molar-refractivity contribution is 0.668. The molecule has 12 aromatic carbocycles. The van der Waals surface area contributed by atoms with E-state index in [0.717, 1.165) is 149 Å². The van der Waals surface area contributed by atoms with Gasteiger partial charge in [-0.3, -0.25) is 13.7 Å². The third-order valence-corrected chi connectivity index (χ3v) is 17.6. The SMILES string of the molecule is c1ccc(-n2c3ccccc3c3cc(-c4ccc5c(c4)c4ccccc4n5-c4nc(-n5c6ccccc6c6cc(-c7ccc8oc9ccccc9c8c7)ccc65)cc(-n5c6ccccc6c6cc7c(cc65)oc5ccccc57)n4)ccc32)cc1. The van der Waals surface area contributed by atoms with E-state index >= 15 is 0 Å². The Labute approximate surface area is 478 Å². The Morgan fingerprint density at radius 1 is 0.214 bits per heavy atom. The lowest BCUT2D eigenvalue weighted by Crippen LogP contribution is -2.10. The summed E-state index contributed by atoms with van der Waals surface area (Å²) < 4.78 is 22.1. The van der Waals surface area contributed by atoms with Crippen LogP contribution in [0.3, 0.4) is 0 Å². The Hall–Kier alpha value is -11.5. The number of nitrogens with zero attached hydrogens (tertiary/aromatic N) is 6. The molecular weight excluding hydrogens is 1030 g/mol. The van der Waals surface area contributed by atoms with Gasteiger partial charge in [0, 0.05) is 82.5 Å². The van der Waals surface area contributed by atoms with Gasteiger partial charge in [-0.15, -0.1) is 0 Å². The first-order valence-corrected chi connectivity index (χ1v) is 28.5. The molecule has 7 heterocycles. The minimum Gasteiger partial charge on any atom is -0.456 e. The van der Waals surface area contributed by atoms with Crippen LogP contribution in [0.1, 0.15) is 0 Å². The molecule has 0 saturated heterocycles. The number of hydrogen-bond acceptors (Lipinski definition) is 4. The summed E-state index contributed by atoms with van der Waals surface area (Å²) in [4.78, 5) is 11.5. The fourth-order valence-electron chi connectivity index (χ4n) is 13.9. The molecular formula is C76H44N6O2. The Kier molecular flexibility index (Phi) is 9.18. The molecule has 19 aromatic rings. The van der Waals surface area contributed by atoms with Crippen LogP contribution in [0.2, 0.25) is 0 Å². The van der Waals surface area contributed by atoms with Gasteiger partial charge in [-0.05, 0) is 125 Å². The molecule has 19 rings (SSSR count). The minimum absolute atomic E-state index is 0.551. The summed E-state index contributed by atoms with van der Waals surface area (Å²) >= 11 is 0. The summed E-state index contributed by atoms with van der Waals surface area (Å²) in [5.41, 5.74) is 17.6. The Morgan fingerprint density at radius 2 is 0.571 bits per heavy atom. The molecule has 0 atom stereocenters. The monoisotopic (exact) mass is 1070 g/mol. The zero-order valence-electron chi connectivity index (χ0n) is 44.9. The highest BCUT2D eigenvalue weighted by Gasteiger charge is 2.24. The number of para-hydroxylation sites is 7. The number of aromatic nitrogens is 6. The third-order valence-electron chi connectivity index (χ3n) is 17.6. The van der Waals surface area contributed by atoms with Crippen LogP contribution in [0.5, 0.6) is 0 Å². The van der Waals surface area contributed by atoms with Gasteiger partial charge in [-0.1, -0.05) is 152 Å². The van der Waals surface area contributed by atoms with E-state index in [1.165, 1.54) is 21.8 Å². The molecule has 7 aromatic heterocycles. The summed E-state index contributed by atoms with van der Waals surface area (Å²) in [6.45, 7) is 0. The van der Waals surface area contributed by atoms with Crippen LogP contribution in [0.15, 0.2) is 276 Å². The van der Waals surface area contributed by atoms with Crippen molar-refractivity contribution in [3.8, 4) is 45.5 Å². The van der Waals surface area contributed by atoms with E-state index in [9.17, 15) is 0 Å². The molecule has 0 aliphatic carbocycles. The van der Waals surface area contributed by atoms with Crippen molar-refractivity contribution in [1.82, 2.24) is 28.2 Å². The van der Waals surface area contributed by atoms with Crippen molar-refractivity contribution < 1.29 is 8.83 Å². The molecule has 0 spiro atoms. The van der Waals surface area contributed by atoms with E-state index < -0.39 is 0 Å². The largest absolute Gasteiger partial charge is 0.456 e. The van der Waals surface area contributed by atoms with E-state index in [-0.39, 0.29) is 0 Å². The molecule has 390 valence electrons. The van der Waals surface area contributed by atoms with Gasteiger partial charge in [0.25, 0.3) is 0 Å². The summed E-state index contributed by atoms with van der Waals surface area (Å²) in [6, 6.07) is 95.6. The van der Waals surface area contributed by atoms with Crippen molar-refractivity contribution in [3.63, 3.8) is 0 Å². The van der Waals surface area contributed by atoms with Gasteiger partial charge in [0.15, 0.2) is 0 Å². The summed E-state index contributed by atoms with van der Waals surface area (Å²) in [5, 5.41) is 13.5. The van der Waals surface area contributed by atoms with Crippen molar-refractivity contribution in [2.45, 2.75) is 0 Å². The highest BCUT2D eigenvalue weighted by Crippen LogP contribution is 2.43. The lowest BCUT2D eigenvalue weighted by atomic mass is 10.0. The van der Waals surface area contributed by atoms with Crippen molar-refractivity contribution in [1.29, 1.82) is 0 Å². The van der Waals surface area contributed by atoms with Crippen molar-refractivity contribution in [3.05, 3.63) is 267 Å². The normalized spacial score (nSPS) is 12.3. The van der Waals surface area contributed by atoms with E-state index in [1.807, 2.05) is 24.3 Å². The van der Waals surface area contributed by atoms with Crippen LogP contribution in [-0.2, 0) is 0 Å².